The van der Waals surface area contributed by atoms with Crippen molar-refractivity contribution in [2.45, 2.75) is 32.8 Å². The Morgan fingerprint density at radius 2 is 2.24 bits per heavy atom. The molecule has 0 bridgehead atoms. The molecule has 4 nitrogen and oxygen atoms in total. The molecule has 0 aromatic heterocycles. The zero-order valence-corrected chi connectivity index (χ0v) is 12.9. The summed E-state index contributed by atoms with van der Waals surface area (Å²) in [6.45, 7) is 7.81. The minimum absolute atomic E-state index is 0.220. The minimum atomic E-state index is -0.479. The molecule has 1 N–H and O–H groups in total. The summed E-state index contributed by atoms with van der Waals surface area (Å²) in [7, 11) is 0. The number of hydrogen-bond donors (Lipinski definition) is 1. The van der Waals surface area contributed by atoms with Crippen molar-refractivity contribution < 1.29 is 13.9 Å². The predicted molar refractivity (Wildman–Crippen MR) is 81.0 cm³/mol. The van der Waals surface area contributed by atoms with Crippen LogP contribution in [0.25, 0.3) is 0 Å². The van der Waals surface area contributed by atoms with Crippen molar-refractivity contribution in [3.8, 4) is 0 Å². The summed E-state index contributed by atoms with van der Waals surface area (Å²) in [6.07, 6.45) is 0.596. The van der Waals surface area contributed by atoms with Gasteiger partial charge in [0.15, 0.2) is 0 Å². The number of rotatable bonds is 3. The number of halogens is 1. The van der Waals surface area contributed by atoms with E-state index in [2.05, 4.69) is 10.2 Å². The van der Waals surface area contributed by atoms with E-state index >= 15 is 0 Å². The minimum Gasteiger partial charge on any atom is -0.444 e. The summed E-state index contributed by atoms with van der Waals surface area (Å²) in [4.78, 5) is 13.8. The first-order chi connectivity index (χ1) is 9.83. The Kier molecular flexibility index (Phi) is 4.70. The maximum atomic E-state index is 13.2. The molecule has 0 aliphatic carbocycles. The molecule has 1 saturated heterocycles. The maximum absolute atomic E-state index is 13.2. The second kappa shape index (κ2) is 6.33. The highest BCUT2D eigenvalue weighted by atomic mass is 19.1. The second-order valence-electron chi connectivity index (χ2n) is 6.46. The Morgan fingerprint density at radius 1 is 1.48 bits per heavy atom. The molecule has 1 fully saturated rings. The molecule has 1 aromatic carbocycles. The third-order valence-corrected chi connectivity index (χ3v) is 3.39. The summed E-state index contributed by atoms with van der Waals surface area (Å²) < 4.78 is 18.4. The summed E-state index contributed by atoms with van der Waals surface area (Å²) >= 11 is 0. The maximum Gasteiger partial charge on any atom is 0.407 e. The van der Waals surface area contributed by atoms with Gasteiger partial charge in [-0.25, -0.2) is 9.18 Å². The third kappa shape index (κ3) is 4.92. The van der Waals surface area contributed by atoms with E-state index in [1.165, 1.54) is 6.07 Å². The average molecular weight is 294 g/mol. The molecule has 1 heterocycles. The molecule has 0 saturated carbocycles. The molecule has 1 atom stereocenters. The normalized spacial score (nSPS) is 18.7. The first kappa shape index (κ1) is 15.6. The van der Waals surface area contributed by atoms with Crippen LogP contribution in [-0.4, -0.2) is 31.3 Å². The fourth-order valence-electron chi connectivity index (χ4n) is 2.45. The lowest BCUT2D eigenvalue weighted by Crippen LogP contribution is -2.36. The highest BCUT2D eigenvalue weighted by Crippen LogP contribution is 2.24. The van der Waals surface area contributed by atoms with Gasteiger partial charge in [0.1, 0.15) is 11.4 Å². The number of carbonyl (C=O) groups excluding carboxylic acids is 1. The van der Waals surface area contributed by atoms with Crippen LogP contribution in [0, 0.1) is 11.7 Å². The molecular weight excluding hydrogens is 271 g/mol. The molecule has 1 amide bonds. The lowest BCUT2D eigenvalue weighted by molar-refractivity contribution is 0.0520. The first-order valence-corrected chi connectivity index (χ1v) is 7.31. The first-order valence-electron chi connectivity index (χ1n) is 7.31. The Balaban J connectivity index is 1.79. The fraction of sp³-hybridized carbons (Fsp3) is 0.562. The zero-order valence-electron chi connectivity index (χ0n) is 12.9. The monoisotopic (exact) mass is 294 g/mol. The zero-order chi connectivity index (χ0) is 15.5. The van der Waals surface area contributed by atoms with Gasteiger partial charge in [0.25, 0.3) is 0 Å². The molecule has 1 unspecified atom stereocenters. The van der Waals surface area contributed by atoms with Crippen LogP contribution < -0.4 is 10.2 Å². The van der Waals surface area contributed by atoms with Gasteiger partial charge < -0.3 is 15.0 Å². The van der Waals surface area contributed by atoms with Gasteiger partial charge in [-0.1, -0.05) is 6.07 Å². The van der Waals surface area contributed by atoms with Gasteiger partial charge >= 0.3 is 6.09 Å². The highest BCUT2D eigenvalue weighted by Gasteiger charge is 2.24. The number of anilines is 1. The topological polar surface area (TPSA) is 41.6 Å². The smallest absolute Gasteiger partial charge is 0.407 e. The average Bonchev–Trinajstić information content (AvgIpc) is 2.83. The molecular formula is C16H23FN2O2. The summed E-state index contributed by atoms with van der Waals surface area (Å²) in [6, 6.07) is 6.62. The number of alkyl carbamates (subject to hydrolysis) is 1. The molecule has 0 spiro atoms. The number of hydrogen-bond acceptors (Lipinski definition) is 3. The van der Waals surface area contributed by atoms with E-state index in [1.54, 1.807) is 12.1 Å². The fourth-order valence-corrected chi connectivity index (χ4v) is 2.45. The van der Waals surface area contributed by atoms with Crippen LogP contribution >= 0.6 is 0 Å². The van der Waals surface area contributed by atoms with Crippen molar-refractivity contribution in [3.05, 3.63) is 30.1 Å². The van der Waals surface area contributed by atoms with E-state index in [0.29, 0.717) is 12.5 Å². The Morgan fingerprint density at radius 3 is 2.90 bits per heavy atom. The van der Waals surface area contributed by atoms with E-state index in [1.807, 2.05) is 26.8 Å². The van der Waals surface area contributed by atoms with Crippen molar-refractivity contribution in [2.24, 2.45) is 5.92 Å². The van der Waals surface area contributed by atoms with Crippen LogP contribution in [0.1, 0.15) is 27.2 Å². The van der Waals surface area contributed by atoms with Gasteiger partial charge in [0.2, 0.25) is 0 Å². The van der Waals surface area contributed by atoms with Gasteiger partial charge in [-0.3, -0.25) is 0 Å². The lowest BCUT2D eigenvalue weighted by atomic mass is 10.1. The number of nitrogens with one attached hydrogen (secondary N) is 1. The molecule has 5 heteroatoms. The van der Waals surface area contributed by atoms with Crippen LogP contribution in [0.15, 0.2) is 24.3 Å². The Hall–Kier alpha value is -1.78. The summed E-state index contributed by atoms with van der Waals surface area (Å²) in [5, 5.41) is 2.80. The molecule has 1 aliphatic rings. The van der Waals surface area contributed by atoms with Crippen molar-refractivity contribution >= 4 is 11.8 Å². The largest absolute Gasteiger partial charge is 0.444 e. The number of amides is 1. The van der Waals surface area contributed by atoms with E-state index in [0.717, 1.165) is 25.2 Å². The molecule has 0 radical (unpaired) electrons. The lowest BCUT2D eigenvalue weighted by Gasteiger charge is -2.21. The predicted octanol–water partition coefficient (Wildman–Crippen LogP) is 3.18. The number of nitrogens with zero attached hydrogens (tertiary/aromatic N) is 1. The number of ether oxygens (including phenoxy) is 1. The quantitative estimate of drug-likeness (QED) is 0.931. The van der Waals surface area contributed by atoms with Gasteiger partial charge in [0.05, 0.1) is 0 Å². The third-order valence-electron chi connectivity index (χ3n) is 3.39. The van der Waals surface area contributed by atoms with Gasteiger partial charge in [0, 0.05) is 25.3 Å². The van der Waals surface area contributed by atoms with E-state index in [-0.39, 0.29) is 11.9 Å². The SMILES string of the molecule is CC(C)(C)OC(=O)NCC1CCN(c2cccc(F)c2)C1. The number of benzene rings is 1. The molecule has 1 aliphatic heterocycles. The van der Waals surface area contributed by atoms with Crippen molar-refractivity contribution in [2.75, 3.05) is 24.5 Å². The Bertz CT molecular complexity index is 499. The van der Waals surface area contributed by atoms with E-state index in [9.17, 15) is 9.18 Å². The van der Waals surface area contributed by atoms with E-state index in [4.69, 9.17) is 4.74 Å². The van der Waals surface area contributed by atoms with Crippen LogP contribution in [0.2, 0.25) is 0 Å². The number of carbonyl (C=O) groups is 1. The molecule has 1 aromatic rings. The standard InChI is InChI=1S/C16H23FN2O2/c1-16(2,3)21-15(20)18-10-12-7-8-19(11-12)14-6-4-5-13(17)9-14/h4-6,9,12H,7-8,10-11H2,1-3H3,(H,18,20). The van der Waals surface area contributed by atoms with Crippen LogP contribution in [0.5, 0.6) is 0 Å². The van der Waals surface area contributed by atoms with Crippen LogP contribution in [0.4, 0.5) is 14.9 Å². The van der Waals surface area contributed by atoms with Crippen molar-refractivity contribution in [3.63, 3.8) is 0 Å². The van der Waals surface area contributed by atoms with Crippen molar-refractivity contribution in [1.29, 1.82) is 0 Å². The van der Waals surface area contributed by atoms with Crippen LogP contribution in [0.3, 0.4) is 0 Å². The summed E-state index contributed by atoms with van der Waals surface area (Å²) in [5.74, 6) is 0.142. The van der Waals surface area contributed by atoms with Gasteiger partial charge in [-0.05, 0) is 51.3 Å². The molecule has 2 rings (SSSR count). The summed E-state index contributed by atoms with van der Waals surface area (Å²) in [5.41, 5.74) is 0.419. The van der Waals surface area contributed by atoms with Crippen molar-refractivity contribution in [1.82, 2.24) is 5.32 Å². The highest BCUT2D eigenvalue weighted by molar-refractivity contribution is 5.67. The molecule has 21 heavy (non-hydrogen) atoms. The van der Waals surface area contributed by atoms with Gasteiger partial charge in [-0.2, -0.15) is 0 Å². The second-order valence-corrected chi connectivity index (χ2v) is 6.46. The van der Waals surface area contributed by atoms with Gasteiger partial charge in [-0.15, -0.1) is 0 Å². The van der Waals surface area contributed by atoms with Crippen LogP contribution in [-0.2, 0) is 4.74 Å². The van der Waals surface area contributed by atoms with E-state index < -0.39 is 5.60 Å². The Labute approximate surface area is 125 Å². The molecule has 116 valence electrons.